The van der Waals surface area contributed by atoms with E-state index >= 15 is 0 Å². The van der Waals surface area contributed by atoms with Gasteiger partial charge in [-0.3, -0.25) is 14.4 Å². The molecule has 18 heteroatoms. The van der Waals surface area contributed by atoms with E-state index in [1.807, 2.05) is 0 Å². The minimum absolute atomic E-state index is 0.0271. The van der Waals surface area contributed by atoms with Gasteiger partial charge in [0.1, 0.15) is 18.1 Å². The Balaban J connectivity index is 1.18. The molecule has 5 amide bonds. The van der Waals surface area contributed by atoms with Crippen molar-refractivity contribution in [3.63, 3.8) is 0 Å². The maximum Gasteiger partial charge on any atom is 0.352 e. The fraction of sp³-hybridized carbons (Fsp3) is 0.206. The molecule has 0 saturated carbocycles. The Bertz CT molecular complexity index is 2190. The third kappa shape index (κ3) is 8.31. The van der Waals surface area contributed by atoms with E-state index in [2.05, 4.69) is 47.8 Å². The second-order valence-electron chi connectivity index (χ2n) is 11.9. The Morgan fingerprint density at radius 3 is 2.38 bits per heavy atom. The molecule has 1 atom stereocenters. The number of nitrogens with one attached hydrogen (secondary N) is 5. The number of carbonyl (C=O) groups excluding carboxylic acids is 4. The van der Waals surface area contributed by atoms with Crippen LogP contribution >= 0.6 is 11.6 Å². The number of piperidine rings is 1. The number of carboxylic acids is 1. The van der Waals surface area contributed by atoms with Crippen LogP contribution in [-0.2, 0) is 20.8 Å². The van der Waals surface area contributed by atoms with Crippen LogP contribution in [0.5, 0.6) is 0 Å². The van der Waals surface area contributed by atoms with E-state index in [0.29, 0.717) is 59.5 Å². The Morgan fingerprint density at radius 1 is 0.942 bits per heavy atom. The number of aromatic carboxylic acids is 1. The number of hydrogen-bond acceptors (Lipinski definition) is 9. The van der Waals surface area contributed by atoms with Gasteiger partial charge in [0.05, 0.1) is 17.4 Å². The lowest BCUT2D eigenvalue weighted by Gasteiger charge is -2.29. The second-order valence-corrected chi connectivity index (χ2v) is 12.3. The van der Waals surface area contributed by atoms with E-state index in [4.69, 9.17) is 16.9 Å². The van der Waals surface area contributed by atoms with Crippen LogP contribution in [0.1, 0.15) is 28.9 Å². The van der Waals surface area contributed by atoms with Gasteiger partial charge in [0.15, 0.2) is 0 Å². The lowest BCUT2D eigenvalue weighted by molar-refractivity contribution is -0.137. The average molecular weight is 724 g/mol. The quantitative estimate of drug-likeness (QED) is 0.121. The molecule has 1 saturated heterocycles. The summed E-state index contributed by atoms with van der Waals surface area (Å²) in [5.41, 5.74) is 2.39. The van der Waals surface area contributed by atoms with Crippen molar-refractivity contribution in [2.24, 2.45) is 5.92 Å². The maximum atomic E-state index is 13.7. The molecule has 3 aromatic carbocycles. The van der Waals surface area contributed by atoms with Crippen molar-refractivity contribution in [2.45, 2.75) is 25.3 Å². The first-order chi connectivity index (χ1) is 25.1. The summed E-state index contributed by atoms with van der Waals surface area (Å²) >= 11 is 6.14. The van der Waals surface area contributed by atoms with Gasteiger partial charge in [-0.1, -0.05) is 23.7 Å². The summed E-state index contributed by atoms with van der Waals surface area (Å²) in [5.74, 6) is -4.09. The number of aromatic amines is 1. The normalized spacial score (nSPS) is 13.5. The first kappa shape index (κ1) is 35.0. The summed E-state index contributed by atoms with van der Waals surface area (Å²) in [5, 5.41) is 40.8. The van der Waals surface area contributed by atoms with Crippen LogP contribution in [0, 0.1) is 17.2 Å². The molecule has 5 aromatic rings. The van der Waals surface area contributed by atoms with Crippen LogP contribution in [-0.4, -0.2) is 84.1 Å². The number of nitriles is 1. The number of anilines is 3. The SMILES string of the molecule is N#CC1CCN(C(=O)Nc2ccc(C[C@H](NC(=O)C(=O)Nc3cc(Cl)ccc3-n3cnnn3)C(=O)Nc3ccc4[nH]c(C(=O)O)cc4c3)cc2)CC1. The number of fused-ring (bicyclic) bond motifs is 1. The molecule has 264 valence electrons. The predicted molar refractivity (Wildman–Crippen MR) is 188 cm³/mol. The molecule has 1 aliphatic heterocycles. The molecule has 0 radical (unpaired) electrons. The fourth-order valence-electron chi connectivity index (χ4n) is 5.62. The number of nitrogens with zero attached hydrogens (tertiary/aromatic N) is 6. The smallest absolute Gasteiger partial charge is 0.352 e. The number of hydrogen-bond donors (Lipinski definition) is 6. The Kier molecular flexibility index (Phi) is 10.4. The fourth-order valence-corrected chi connectivity index (χ4v) is 5.79. The predicted octanol–water partition coefficient (Wildman–Crippen LogP) is 3.57. The van der Waals surface area contributed by atoms with Gasteiger partial charge in [-0.25, -0.2) is 9.59 Å². The highest BCUT2D eigenvalue weighted by atomic mass is 35.5. The molecule has 52 heavy (non-hydrogen) atoms. The number of amides is 5. The zero-order valence-electron chi connectivity index (χ0n) is 27.2. The highest BCUT2D eigenvalue weighted by Crippen LogP contribution is 2.25. The Hall–Kier alpha value is -6.80. The van der Waals surface area contributed by atoms with E-state index in [1.54, 1.807) is 59.5 Å². The lowest BCUT2D eigenvalue weighted by Crippen LogP contribution is -2.49. The topological polar surface area (TPSA) is 240 Å². The largest absolute Gasteiger partial charge is 0.477 e. The summed E-state index contributed by atoms with van der Waals surface area (Å²) in [6.45, 7) is 0.945. The van der Waals surface area contributed by atoms with Crippen molar-refractivity contribution < 1.29 is 29.1 Å². The zero-order chi connectivity index (χ0) is 36.8. The molecular formula is C34H30ClN11O6. The van der Waals surface area contributed by atoms with Gasteiger partial charge in [-0.2, -0.15) is 9.94 Å². The monoisotopic (exact) mass is 723 g/mol. The molecule has 6 rings (SSSR count). The van der Waals surface area contributed by atoms with E-state index < -0.39 is 29.7 Å². The van der Waals surface area contributed by atoms with Gasteiger partial charge < -0.3 is 36.3 Å². The van der Waals surface area contributed by atoms with Gasteiger partial charge >= 0.3 is 23.8 Å². The molecule has 6 N–H and O–H groups in total. The van der Waals surface area contributed by atoms with Crippen molar-refractivity contribution in [1.82, 2.24) is 35.4 Å². The summed E-state index contributed by atoms with van der Waals surface area (Å²) < 4.78 is 1.27. The first-order valence-electron chi connectivity index (χ1n) is 15.9. The molecule has 0 spiro atoms. The zero-order valence-corrected chi connectivity index (χ0v) is 27.9. The highest BCUT2D eigenvalue weighted by Gasteiger charge is 2.27. The van der Waals surface area contributed by atoms with Crippen molar-refractivity contribution in [3.8, 4) is 11.8 Å². The molecule has 2 aromatic heterocycles. The van der Waals surface area contributed by atoms with Gasteiger partial charge in [-0.15, -0.1) is 5.10 Å². The van der Waals surface area contributed by atoms with Crippen LogP contribution in [0.15, 0.2) is 73.1 Å². The molecular weight excluding hydrogens is 694 g/mol. The average Bonchev–Trinajstić information content (AvgIpc) is 3.83. The number of aromatic nitrogens is 5. The van der Waals surface area contributed by atoms with Crippen molar-refractivity contribution in [2.75, 3.05) is 29.0 Å². The molecule has 17 nitrogen and oxygen atoms in total. The van der Waals surface area contributed by atoms with Crippen LogP contribution in [0.25, 0.3) is 16.6 Å². The highest BCUT2D eigenvalue weighted by molar-refractivity contribution is 6.40. The Labute approximate surface area is 299 Å². The van der Waals surface area contributed by atoms with Crippen LogP contribution in [0.2, 0.25) is 5.02 Å². The number of benzene rings is 3. The van der Waals surface area contributed by atoms with Gasteiger partial charge in [0.2, 0.25) is 5.91 Å². The summed E-state index contributed by atoms with van der Waals surface area (Å²) in [6.07, 6.45) is 2.46. The maximum absolute atomic E-state index is 13.7. The van der Waals surface area contributed by atoms with Crippen LogP contribution in [0.3, 0.4) is 0 Å². The second kappa shape index (κ2) is 15.4. The van der Waals surface area contributed by atoms with Crippen LogP contribution < -0.4 is 21.3 Å². The third-order valence-corrected chi connectivity index (χ3v) is 8.59. The third-order valence-electron chi connectivity index (χ3n) is 8.36. The molecule has 0 aliphatic carbocycles. The van der Waals surface area contributed by atoms with Crippen molar-refractivity contribution >= 4 is 69.3 Å². The van der Waals surface area contributed by atoms with Crippen molar-refractivity contribution in [3.05, 3.63) is 89.3 Å². The minimum Gasteiger partial charge on any atom is -0.477 e. The molecule has 1 fully saturated rings. The van der Waals surface area contributed by atoms with E-state index in [9.17, 15) is 29.1 Å². The molecule has 3 heterocycles. The standard InChI is InChI=1S/C34H30ClN11O6/c35-22-3-8-29(46-18-37-43-44-46)26(16-22)41-31(48)32(49)42-27(30(47)38-24-6-7-25-21(14-24)15-28(40-25)33(50)51)13-19-1-4-23(5-2-19)39-34(52)45-11-9-20(17-36)10-12-45/h1-8,14-16,18,20,27,40H,9-13H2,(H,38,47)(H,39,52)(H,41,48)(H,42,49)(H,50,51)/t27-/m0/s1. The van der Waals surface area contributed by atoms with E-state index in [1.165, 1.54) is 23.1 Å². The van der Waals surface area contributed by atoms with E-state index in [-0.39, 0.29) is 34.8 Å². The number of carbonyl (C=O) groups is 5. The first-order valence-corrected chi connectivity index (χ1v) is 16.3. The van der Waals surface area contributed by atoms with Gasteiger partial charge in [-0.05, 0) is 83.4 Å². The Morgan fingerprint density at radius 2 is 1.69 bits per heavy atom. The molecule has 1 aliphatic rings. The lowest BCUT2D eigenvalue weighted by atomic mass is 9.99. The molecule has 0 bridgehead atoms. The summed E-state index contributed by atoms with van der Waals surface area (Å²) in [4.78, 5) is 68.7. The number of likely N-dealkylation sites (tertiary alicyclic amines) is 1. The van der Waals surface area contributed by atoms with Gasteiger partial charge in [0.25, 0.3) is 0 Å². The van der Waals surface area contributed by atoms with E-state index in [0.717, 1.165) is 0 Å². The molecule has 0 unspecified atom stereocenters. The van der Waals surface area contributed by atoms with Crippen molar-refractivity contribution in [1.29, 1.82) is 5.26 Å². The summed E-state index contributed by atoms with van der Waals surface area (Å²) in [7, 11) is 0. The number of tetrazole rings is 1. The van der Waals surface area contributed by atoms with Crippen LogP contribution in [0.4, 0.5) is 21.9 Å². The number of carboxylic acid groups (broad SMARTS) is 1. The number of halogens is 1. The number of H-pyrrole nitrogens is 1. The number of urea groups is 1. The van der Waals surface area contributed by atoms with Gasteiger partial charge in [0, 0.05) is 52.7 Å². The summed E-state index contributed by atoms with van der Waals surface area (Å²) in [6, 6.07) is 18.0. The minimum atomic E-state index is -1.27. The number of rotatable bonds is 9.